The monoisotopic (exact) mass is 347 g/mol. The Labute approximate surface area is 146 Å². The van der Waals surface area contributed by atoms with E-state index in [-0.39, 0.29) is 18.1 Å². The van der Waals surface area contributed by atoms with Crippen LogP contribution in [0.15, 0.2) is 4.79 Å². The number of carbonyl (C=O) groups is 1. The van der Waals surface area contributed by atoms with E-state index < -0.39 is 0 Å². The minimum Gasteiger partial charge on any atom is -0.465 e. The summed E-state index contributed by atoms with van der Waals surface area (Å²) in [5, 5.41) is 2.92. The normalized spacial score (nSPS) is 15.0. The van der Waals surface area contributed by atoms with Gasteiger partial charge in [-0.15, -0.1) is 0 Å². The van der Waals surface area contributed by atoms with Crippen molar-refractivity contribution in [1.29, 1.82) is 0 Å². The van der Waals surface area contributed by atoms with Crippen LogP contribution in [-0.2, 0) is 16.1 Å². The fourth-order valence-electron chi connectivity index (χ4n) is 3.33. The summed E-state index contributed by atoms with van der Waals surface area (Å²) in [4.78, 5) is 36.6. The Hall–Kier alpha value is -2.38. The number of H-pyrrole nitrogens is 1. The van der Waals surface area contributed by atoms with Crippen molar-refractivity contribution in [2.45, 2.75) is 58.4 Å². The van der Waals surface area contributed by atoms with Gasteiger partial charge in [0.1, 0.15) is 12.4 Å². The number of hydrogen-bond donors (Lipinski definition) is 2. The molecule has 1 fully saturated rings. The Bertz CT molecular complexity index is 804. The maximum Gasteiger partial charge on any atom is 0.325 e. The predicted molar refractivity (Wildman–Crippen MR) is 94.8 cm³/mol. The fourth-order valence-corrected chi connectivity index (χ4v) is 3.33. The van der Waals surface area contributed by atoms with Crippen LogP contribution in [0, 0.1) is 0 Å². The molecule has 2 aromatic rings. The second-order valence-corrected chi connectivity index (χ2v) is 6.35. The highest BCUT2D eigenvalue weighted by atomic mass is 16.5. The largest absolute Gasteiger partial charge is 0.465 e. The molecule has 3 rings (SSSR count). The van der Waals surface area contributed by atoms with Crippen LogP contribution in [0.25, 0.3) is 11.2 Å². The van der Waals surface area contributed by atoms with Gasteiger partial charge in [0, 0.05) is 12.5 Å². The van der Waals surface area contributed by atoms with Gasteiger partial charge < -0.3 is 15.0 Å². The van der Waals surface area contributed by atoms with Crippen LogP contribution in [0.2, 0.25) is 0 Å². The van der Waals surface area contributed by atoms with Crippen molar-refractivity contribution >= 4 is 23.1 Å². The van der Waals surface area contributed by atoms with Crippen molar-refractivity contribution in [3.63, 3.8) is 0 Å². The summed E-state index contributed by atoms with van der Waals surface area (Å²) >= 11 is 0. The first kappa shape index (κ1) is 17.4. The topological polar surface area (TPSA) is 102 Å². The molecule has 1 aliphatic carbocycles. The van der Waals surface area contributed by atoms with Crippen LogP contribution in [0.5, 0.6) is 0 Å². The second-order valence-electron chi connectivity index (χ2n) is 6.35. The van der Waals surface area contributed by atoms with Crippen molar-refractivity contribution in [2.24, 2.45) is 0 Å². The van der Waals surface area contributed by atoms with Crippen LogP contribution in [0.4, 0.5) is 5.95 Å². The SMILES string of the molecule is CCCn1c(NCC(=O)OCC)nc2nc(C3CCCC3)[nH]c2c1=O. The van der Waals surface area contributed by atoms with Crippen molar-refractivity contribution in [2.75, 3.05) is 18.5 Å². The number of nitrogens with zero attached hydrogens (tertiary/aromatic N) is 3. The molecule has 0 radical (unpaired) electrons. The van der Waals surface area contributed by atoms with E-state index in [1.165, 1.54) is 12.8 Å². The van der Waals surface area contributed by atoms with Crippen molar-refractivity contribution < 1.29 is 9.53 Å². The Kier molecular flexibility index (Phi) is 5.35. The number of esters is 1. The number of aromatic nitrogens is 4. The highest BCUT2D eigenvalue weighted by Gasteiger charge is 2.22. The minimum absolute atomic E-state index is 0.0323. The number of rotatable bonds is 7. The third-order valence-corrected chi connectivity index (χ3v) is 4.51. The van der Waals surface area contributed by atoms with Gasteiger partial charge in [0.25, 0.3) is 5.56 Å². The van der Waals surface area contributed by atoms with Crippen LogP contribution >= 0.6 is 0 Å². The first-order valence-electron chi connectivity index (χ1n) is 9.04. The molecule has 25 heavy (non-hydrogen) atoms. The molecule has 2 heterocycles. The Morgan fingerprint density at radius 1 is 1.32 bits per heavy atom. The minimum atomic E-state index is -0.381. The molecule has 8 heteroatoms. The van der Waals surface area contributed by atoms with Gasteiger partial charge in [-0.25, -0.2) is 4.98 Å². The van der Waals surface area contributed by atoms with Crippen molar-refractivity contribution in [3.05, 3.63) is 16.2 Å². The number of carbonyl (C=O) groups excluding carboxylic acids is 1. The maximum absolute atomic E-state index is 12.8. The van der Waals surface area contributed by atoms with E-state index in [0.717, 1.165) is 25.1 Å². The Morgan fingerprint density at radius 2 is 2.08 bits per heavy atom. The first-order chi connectivity index (χ1) is 12.1. The van der Waals surface area contributed by atoms with Gasteiger partial charge in [-0.05, 0) is 26.2 Å². The molecule has 0 aromatic carbocycles. The first-order valence-corrected chi connectivity index (χ1v) is 9.04. The lowest BCUT2D eigenvalue weighted by Crippen LogP contribution is -2.27. The van der Waals surface area contributed by atoms with E-state index in [2.05, 4.69) is 20.3 Å². The molecular formula is C17H25N5O3. The lowest BCUT2D eigenvalue weighted by atomic mass is 10.1. The van der Waals surface area contributed by atoms with Crippen molar-refractivity contribution in [3.8, 4) is 0 Å². The number of ether oxygens (including phenoxy) is 1. The smallest absolute Gasteiger partial charge is 0.325 e. The molecule has 0 bridgehead atoms. The summed E-state index contributed by atoms with van der Waals surface area (Å²) in [6.45, 7) is 4.55. The van der Waals surface area contributed by atoms with Crippen LogP contribution in [-0.4, -0.2) is 38.6 Å². The zero-order valence-corrected chi connectivity index (χ0v) is 14.8. The molecule has 0 saturated heterocycles. The molecule has 2 aromatic heterocycles. The molecule has 0 amide bonds. The van der Waals surface area contributed by atoms with E-state index in [9.17, 15) is 9.59 Å². The quantitative estimate of drug-likeness (QED) is 0.744. The maximum atomic E-state index is 12.8. The standard InChI is InChI=1S/C17H25N5O3/c1-3-9-22-16(24)13-15(20-14(19-13)11-7-5-6-8-11)21-17(22)18-10-12(23)25-4-2/h11H,3-10H2,1-2H3,(H,18,21)(H,19,20). The van der Waals surface area contributed by atoms with E-state index in [1.54, 1.807) is 11.5 Å². The fraction of sp³-hybridized carbons (Fsp3) is 0.647. The Morgan fingerprint density at radius 3 is 2.76 bits per heavy atom. The summed E-state index contributed by atoms with van der Waals surface area (Å²) < 4.78 is 6.47. The van der Waals surface area contributed by atoms with Gasteiger partial charge >= 0.3 is 5.97 Å². The molecule has 136 valence electrons. The molecule has 0 unspecified atom stereocenters. The molecule has 1 saturated carbocycles. The summed E-state index contributed by atoms with van der Waals surface area (Å²) in [6.07, 6.45) is 5.36. The van der Waals surface area contributed by atoms with E-state index >= 15 is 0 Å². The average Bonchev–Trinajstić information content (AvgIpc) is 3.25. The summed E-state index contributed by atoms with van der Waals surface area (Å²) in [5.74, 6) is 1.21. The highest BCUT2D eigenvalue weighted by Crippen LogP contribution is 2.32. The molecular weight excluding hydrogens is 322 g/mol. The molecule has 1 aliphatic rings. The Balaban J connectivity index is 1.95. The zero-order chi connectivity index (χ0) is 17.8. The number of hydrogen-bond acceptors (Lipinski definition) is 6. The molecule has 8 nitrogen and oxygen atoms in total. The predicted octanol–water partition coefficient (Wildman–Crippen LogP) is 2.16. The second kappa shape index (κ2) is 7.67. The third kappa shape index (κ3) is 3.67. The van der Waals surface area contributed by atoms with Crippen LogP contribution < -0.4 is 10.9 Å². The summed E-state index contributed by atoms with van der Waals surface area (Å²) in [7, 11) is 0. The van der Waals surface area contributed by atoms with Gasteiger partial charge in [-0.1, -0.05) is 19.8 Å². The van der Waals surface area contributed by atoms with Gasteiger partial charge in [-0.2, -0.15) is 4.98 Å². The number of aromatic amines is 1. The summed E-state index contributed by atoms with van der Waals surface area (Å²) in [5.41, 5.74) is 0.692. The molecule has 0 atom stereocenters. The van der Waals surface area contributed by atoms with Crippen LogP contribution in [0.3, 0.4) is 0 Å². The number of anilines is 1. The summed E-state index contributed by atoms with van der Waals surface area (Å²) in [6, 6.07) is 0. The van der Waals surface area contributed by atoms with Crippen molar-refractivity contribution in [1.82, 2.24) is 19.5 Å². The highest BCUT2D eigenvalue weighted by molar-refractivity contribution is 5.75. The van der Waals surface area contributed by atoms with Gasteiger partial charge in [-0.3, -0.25) is 14.2 Å². The van der Waals surface area contributed by atoms with Gasteiger partial charge in [0.15, 0.2) is 11.2 Å². The lowest BCUT2D eigenvalue weighted by molar-refractivity contribution is -0.140. The molecule has 2 N–H and O–H groups in total. The number of nitrogens with one attached hydrogen (secondary N) is 2. The van der Waals surface area contributed by atoms with Crippen LogP contribution in [0.1, 0.15) is 57.7 Å². The van der Waals surface area contributed by atoms with Gasteiger partial charge in [0.05, 0.1) is 6.61 Å². The molecule has 0 spiro atoms. The van der Waals surface area contributed by atoms with Gasteiger partial charge in [0.2, 0.25) is 5.95 Å². The lowest BCUT2D eigenvalue weighted by Gasteiger charge is -2.12. The third-order valence-electron chi connectivity index (χ3n) is 4.51. The number of fused-ring (bicyclic) bond motifs is 1. The van der Waals surface area contributed by atoms with E-state index in [1.807, 2.05) is 6.92 Å². The average molecular weight is 347 g/mol. The number of imidazole rings is 1. The van der Waals surface area contributed by atoms with E-state index in [0.29, 0.717) is 36.2 Å². The van der Waals surface area contributed by atoms with E-state index in [4.69, 9.17) is 4.74 Å². The molecule has 0 aliphatic heterocycles. The zero-order valence-electron chi connectivity index (χ0n) is 14.8.